The van der Waals surface area contributed by atoms with Crippen molar-refractivity contribution in [1.29, 1.82) is 0 Å². The van der Waals surface area contributed by atoms with Crippen molar-refractivity contribution in [3.05, 3.63) is 227 Å². The van der Waals surface area contributed by atoms with Gasteiger partial charge in [0.25, 0.3) is 6.71 Å². The van der Waals surface area contributed by atoms with Crippen LogP contribution in [-0.4, -0.2) is 6.71 Å². The van der Waals surface area contributed by atoms with Crippen LogP contribution >= 0.6 is 0 Å². The molecule has 5 heteroatoms. The van der Waals surface area contributed by atoms with Gasteiger partial charge in [-0.3, -0.25) is 0 Å². The van der Waals surface area contributed by atoms with Crippen molar-refractivity contribution >= 4 is 85.5 Å². The minimum Gasteiger partial charge on any atom is -0.468 e. The highest BCUT2D eigenvalue weighted by molar-refractivity contribution is 7.00. The van der Waals surface area contributed by atoms with Crippen LogP contribution in [0.4, 0.5) is 51.2 Å². The van der Waals surface area contributed by atoms with E-state index in [9.17, 15) is 0 Å². The minimum atomic E-state index is -0.255. The molecule has 0 radical (unpaired) electrons. The summed E-state index contributed by atoms with van der Waals surface area (Å²) in [6.45, 7) is 30.8. The highest BCUT2D eigenvalue weighted by Gasteiger charge is 2.49. The lowest BCUT2D eigenvalue weighted by molar-refractivity contribution is 0.332. The van der Waals surface area contributed by atoms with Gasteiger partial charge in [0.2, 0.25) is 0 Å². The van der Waals surface area contributed by atoms with Gasteiger partial charge in [-0.1, -0.05) is 197 Å². The summed E-state index contributed by atoms with van der Waals surface area (Å²) in [7, 11) is 0. The summed E-state index contributed by atoms with van der Waals surface area (Å²) in [5, 5.41) is 1.17. The van der Waals surface area contributed by atoms with Crippen molar-refractivity contribution in [2.45, 2.75) is 143 Å². The van der Waals surface area contributed by atoms with Gasteiger partial charge in [0, 0.05) is 45.1 Å². The second kappa shape index (κ2) is 18.7. The molecular weight excluding hydrogens is 1010 g/mol. The summed E-state index contributed by atoms with van der Waals surface area (Å²) in [5.41, 5.74) is 28.7. The largest absolute Gasteiger partial charge is 0.468 e. The second-order valence-corrected chi connectivity index (χ2v) is 28.4. The molecular formula is C78H78BN3O. The number of hydrogen-bond acceptors (Lipinski definition) is 4. The average Bonchev–Trinajstić information content (AvgIpc) is 2.05. The Balaban J connectivity index is 1.17. The second-order valence-electron chi connectivity index (χ2n) is 28.4. The number of nitrogens with zero attached hydrogens (tertiary/aromatic N) is 3. The molecule has 0 bridgehead atoms. The number of benzene rings is 9. The molecule has 4 aliphatic rings. The van der Waals surface area contributed by atoms with Gasteiger partial charge in [-0.05, 0) is 200 Å². The zero-order chi connectivity index (χ0) is 57.7. The molecule has 1 aromatic heterocycles. The lowest BCUT2D eigenvalue weighted by Crippen LogP contribution is -2.61. The maximum Gasteiger partial charge on any atom is 0.297 e. The fraction of sp³-hybridized carbons (Fsp3) is 0.282. The third-order valence-corrected chi connectivity index (χ3v) is 20.0. The molecule has 0 spiro atoms. The topological polar surface area (TPSA) is 22.9 Å². The predicted octanol–water partition coefficient (Wildman–Crippen LogP) is 19.9. The number of furan rings is 1. The third kappa shape index (κ3) is 8.45. The lowest BCUT2D eigenvalue weighted by atomic mass is 9.35. The van der Waals surface area contributed by atoms with E-state index in [1.165, 1.54) is 77.5 Å². The van der Waals surface area contributed by atoms with E-state index in [0.717, 1.165) is 88.1 Å². The van der Waals surface area contributed by atoms with Crippen molar-refractivity contribution in [2.75, 3.05) is 14.7 Å². The van der Waals surface area contributed by atoms with Gasteiger partial charge >= 0.3 is 0 Å². The van der Waals surface area contributed by atoms with E-state index in [-0.39, 0.29) is 33.8 Å². The van der Waals surface area contributed by atoms with Crippen molar-refractivity contribution < 1.29 is 4.42 Å². The first kappa shape index (κ1) is 53.0. The van der Waals surface area contributed by atoms with Crippen LogP contribution in [0.3, 0.4) is 0 Å². The van der Waals surface area contributed by atoms with E-state index in [1.807, 2.05) is 0 Å². The zero-order valence-electron chi connectivity index (χ0n) is 51.1. The summed E-state index contributed by atoms with van der Waals surface area (Å²) in [5.74, 6) is 0. The van der Waals surface area contributed by atoms with E-state index in [1.54, 1.807) is 0 Å². The number of aryl methyl sites for hydroxylation is 2. The first-order valence-electron chi connectivity index (χ1n) is 30.5. The molecule has 0 saturated heterocycles. The van der Waals surface area contributed by atoms with Gasteiger partial charge in [-0.2, -0.15) is 0 Å². The van der Waals surface area contributed by atoms with Gasteiger partial charge in [0.05, 0.1) is 22.7 Å². The van der Waals surface area contributed by atoms with Crippen molar-refractivity contribution in [2.24, 2.45) is 0 Å². The molecule has 0 unspecified atom stereocenters. The highest BCUT2D eigenvalue weighted by atomic mass is 16.3. The molecule has 14 rings (SSSR count). The Hall–Kier alpha value is -8.02. The van der Waals surface area contributed by atoms with E-state index in [2.05, 4.69) is 293 Å². The van der Waals surface area contributed by atoms with Crippen LogP contribution in [-0.2, 0) is 27.1 Å². The molecule has 4 nitrogen and oxygen atoms in total. The minimum absolute atomic E-state index is 0.00663. The molecule has 3 heterocycles. The fourth-order valence-electron chi connectivity index (χ4n) is 14.8. The van der Waals surface area contributed by atoms with Crippen LogP contribution < -0.4 is 31.3 Å². The van der Waals surface area contributed by atoms with Gasteiger partial charge in [0.1, 0.15) is 5.58 Å². The van der Waals surface area contributed by atoms with Crippen molar-refractivity contribution in [3.63, 3.8) is 0 Å². The van der Waals surface area contributed by atoms with Crippen molar-refractivity contribution in [3.8, 4) is 22.3 Å². The quantitative estimate of drug-likeness (QED) is 0.148. The molecule has 0 amide bonds. The van der Waals surface area contributed by atoms with Crippen LogP contribution in [0.5, 0.6) is 0 Å². The highest BCUT2D eigenvalue weighted by Crippen LogP contribution is 2.56. The molecule has 0 saturated carbocycles. The van der Waals surface area contributed by atoms with E-state index in [4.69, 9.17) is 4.42 Å². The third-order valence-electron chi connectivity index (χ3n) is 20.0. The number of hydrogen-bond donors (Lipinski definition) is 0. The predicted molar refractivity (Wildman–Crippen MR) is 355 cm³/mol. The molecule has 414 valence electrons. The van der Waals surface area contributed by atoms with Crippen LogP contribution in [0.2, 0.25) is 0 Å². The van der Waals surface area contributed by atoms with E-state index >= 15 is 0 Å². The first-order chi connectivity index (χ1) is 39.6. The first-order valence-corrected chi connectivity index (χ1v) is 30.5. The summed E-state index contributed by atoms with van der Waals surface area (Å²) < 4.78 is 7.84. The molecule has 10 aromatic rings. The van der Waals surface area contributed by atoms with Crippen molar-refractivity contribution in [1.82, 2.24) is 0 Å². The summed E-state index contributed by atoms with van der Waals surface area (Å²) >= 11 is 0. The van der Waals surface area contributed by atoms with Gasteiger partial charge < -0.3 is 19.1 Å². The Labute approximate surface area is 493 Å². The lowest BCUT2D eigenvalue weighted by Gasteiger charge is -2.45. The normalized spacial score (nSPS) is 16.9. The average molecular weight is 1080 g/mol. The maximum absolute atomic E-state index is 7.84. The van der Waals surface area contributed by atoms with E-state index < -0.39 is 0 Å². The van der Waals surface area contributed by atoms with Crippen LogP contribution in [0.25, 0.3) is 33.2 Å². The molecule has 0 fully saturated rings. The maximum atomic E-state index is 7.84. The Morgan fingerprint density at radius 1 is 0.458 bits per heavy atom. The Morgan fingerprint density at radius 2 is 1.00 bits per heavy atom. The zero-order valence-corrected chi connectivity index (χ0v) is 51.1. The molecule has 0 atom stereocenters. The fourth-order valence-corrected chi connectivity index (χ4v) is 14.8. The van der Waals surface area contributed by atoms with Gasteiger partial charge in [-0.15, -0.1) is 0 Å². The Bertz CT molecular complexity index is 4200. The number of para-hydroxylation sites is 2. The van der Waals surface area contributed by atoms with Gasteiger partial charge in [0.15, 0.2) is 0 Å². The number of rotatable bonds is 7. The van der Waals surface area contributed by atoms with Crippen LogP contribution in [0.1, 0.15) is 141 Å². The van der Waals surface area contributed by atoms with Crippen LogP contribution in [0.15, 0.2) is 192 Å². The monoisotopic (exact) mass is 1080 g/mol. The number of anilines is 9. The SMILES string of the molecule is Cc1ccccc1N(c1cc2c3c(c1)N(c1ccc4c(c1)C(C)(C)CCC4(C)C)c1c(oc4cc5c(cc14)C(C)(C)CCC5(C)C)B3c1ccc(-c3ccccc3)cc1N2c1ccc(C(C)(C)C)cc1-c1ccccc1)c1ccccc1C. The van der Waals surface area contributed by atoms with Crippen LogP contribution in [0, 0.1) is 13.8 Å². The molecule has 0 N–H and O–H groups in total. The molecule has 2 aliphatic heterocycles. The molecule has 2 aliphatic carbocycles. The Kier molecular flexibility index (Phi) is 12.0. The molecule has 83 heavy (non-hydrogen) atoms. The Morgan fingerprint density at radius 3 is 1.60 bits per heavy atom. The smallest absolute Gasteiger partial charge is 0.297 e. The summed E-state index contributed by atoms with van der Waals surface area (Å²) in [6.07, 6.45) is 4.52. The van der Waals surface area contributed by atoms with Gasteiger partial charge in [-0.25, -0.2) is 0 Å². The summed E-state index contributed by atoms with van der Waals surface area (Å²) in [4.78, 5) is 7.82. The molecule has 9 aromatic carbocycles. The van der Waals surface area contributed by atoms with E-state index in [0.29, 0.717) is 0 Å². The standard InChI is InChI=1S/C78H78BN3O/c1-49-24-20-22-30-64(49)80(65-31-23-21-25-50(65)2)56-45-68-71-69(46-56)82(66-37-33-54(74(3,4)5)43-57(66)52-28-18-15-19-29-52)67-42-53(51-26-16-14-17-27-51)32-36-63(67)79(71)73-72(58-47-61-62(48-70(58)83-73)78(12,13)41-40-77(61,10)11)81(68)55-34-35-59-60(44-55)76(8,9)39-38-75(59,6)7/h14-37,42-48H,38-41H2,1-13H3. The summed E-state index contributed by atoms with van der Waals surface area (Å²) in [6, 6.07) is 71.9. The number of fused-ring (bicyclic) bond motifs is 8.